The number of halogens is 1. The highest BCUT2D eigenvalue weighted by atomic mass is 32.2. The zero-order chi connectivity index (χ0) is 17.1. The van der Waals surface area contributed by atoms with E-state index in [1.165, 1.54) is 22.7 Å². The van der Waals surface area contributed by atoms with Gasteiger partial charge in [-0.2, -0.15) is 0 Å². The second-order valence-corrected chi connectivity index (χ2v) is 6.10. The number of carbonyl (C=O) groups is 1. The lowest BCUT2D eigenvalue weighted by atomic mass is 10.2. The highest BCUT2D eigenvalue weighted by Gasteiger charge is 2.30. The standard InChI is InChI=1S/C18H15FN2O2S/c1-21-17(22)16(11-12-7-9-13(23-2)10-8-12)24-18(21)20-15-6-4-3-5-14(15)19/h3-11H,1-2H3/b16-11+,20-18?. The number of nitrogens with zero attached hydrogens (tertiary/aromatic N) is 2. The highest BCUT2D eigenvalue weighted by Crippen LogP contribution is 2.33. The molecule has 4 nitrogen and oxygen atoms in total. The lowest BCUT2D eigenvalue weighted by Gasteiger charge is -2.07. The number of hydrogen-bond donors (Lipinski definition) is 0. The van der Waals surface area contributed by atoms with Gasteiger partial charge in [-0.3, -0.25) is 9.69 Å². The number of carbonyl (C=O) groups excluding carboxylic acids is 1. The van der Waals surface area contributed by atoms with Crippen molar-refractivity contribution in [2.45, 2.75) is 0 Å². The summed E-state index contributed by atoms with van der Waals surface area (Å²) < 4.78 is 18.9. The molecular weight excluding hydrogens is 327 g/mol. The lowest BCUT2D eigenvalue weighted by molar-refractivity contribution is -0.121. The number of hydrogen-bond acceptors (Lipinski definition) is 4. The minimum atomic E-state index is -0.418. The molecule has 2 aromatic rings. The summed E-state index contributed by atoms with van der Waals surface area (Å²) in [4.78, 5) is 18.6. The van der Waals surface area contributed by atoms with Gasteiger partial charge >= 0.3 is 0 Å². The smallest absolute Gasteiger partial charge is 0.266 e. The predicted octanol–water partition coefficient (Wildman–Crippen LogP) is 4.07. The number of amides is 1. The topological polar surface area (TPSA) is 41.9 Å². The van der Waals surface area contributed by atoms with Gasteiger partial charge in [0.15, 0.2) is 5.17 Å². The summed E-state index contributed by atoms with van der Waals surface area (Å²) in [5.74, 6) is 0.173. The Labute approximate surface area is 143 Å². The van der Waals surface area contributed by atoms with Crippen LogP contribution >= 0.6 is 11.8 Å². The monoisotopic (exact) mass is 342 g/mol. The van der Waals surface area contributed by atoms with Gasteiger partial charge in [0.2, 0.25) is 0 Å². The average molecular weight is 342 g/mol. The van der Waals surface area contributed by atoms with E-state index in [0.717, 1.165) is 11.3 Å². The summed E-state index contributed by atoms with van der Waals surface area (Å²) in [7, 11) is 3.23. The fraction of sp³-hybridized carbons (Fsp3) is 0.111. The van der Waals surface area contributed by atoms with Crippen molar-refractivity contribution in [3.63, 3.8) is 0 Å². The molecule has 0 bridgehead atoms. The summed E-state index contributed by atoms with van der Waals surface area (Å²) in [5, 5.41) is 0.449. The maximum absolute atomic E-state index is 13.7. The third kappa shape index (κ3) is 3.33. The van der Waals surface area contributed by atoms with Gasteiger partial charge in [-0.15, -0.1) is 0 Å². The van der Waals surface area contributed by atoms with Crippen LogP contribution in [0.25, 0.3) is 6.08 Å². The molecule has 0 saturated carbocycles. The van der Waals surface area contributed by atoms with E-state index in [1.54, 1.807) is 38.4 Å². The maximum atomic E-state index is 13.7. The number of ether oxygens (including phenoxy) is 1. The molecule has 1 saturated heterocycles. The van der Waals surface area contributed by atoms with E-state index in [2.05, 4.69) is 4.99 Å². The minimum Gasteiger partial charge on any atom is -0.497 e. The molecule has 0 aromatic heterocycles. The van der Waals surface area contributed by atoms with Crippen molar-refractivity contribution >= 4 is 34.6 Å². The lowest BCUT2D eigenvalue weighted by Crippen LogP contribution is -2.23. The molecule has 6 heteroatoms. The number of likely N-dealkylation sites (N-methyl/N-ethyl adjacent to an activating group) is 1. The Morgan fingerprint density at radius 3 is 2.54 bits per heavy atom. The number of rotatable bonds is 3. The van der Waals surface area contributed by atoms with Crippen molar-refractivity contribution in [1.82, 2.24) is 4.90 Å². The van der Waals surface area contributed by atoms with Gasteiger partial charge in [-0.1, -0.05) is 24.3 Å². The Morgan fingerprint density at radius 2 is 1.88 bits per heavy atom. The Balaban J connectivity index is 1.88. The highest BCUT2D eigenvalue weighted by molar-refractivity contribution is 8.18. The van der Waals surface area contributed by atoms with Crippen LogP contribution in [0.1, 0.15) is 5.56 Å². The number of aliphatic imine (C=N–C) groups is 1. The van der Waals surface area contributed by atoms with E-state index in [0.29, 0.717) is 10.1 Å². The van der Waals surface area contributed by atoms with Crippen LogP contribution in [0.2, 0.25) is 0 Å². The Kier molecular flexibility index (Phi) is 4.66. The Morgan fingerprint density at radius 1 is 1.17 bits per heavy atom. The maximum Gasteiger partial charge on any atom is 0.266 e. The zero-order valence-electron chi connectivity index (χ0n) is 13.2. The van der Waals surface area contributed by atoms with E-state index >= 15 is 0 Å². The van der Waals surface area contributed by atoms with Crippen molar-refractivity contribution in [1.29, 1.82) is 0 Å². The zero-order valence-corrected chi connectivity index (χ0v) is 14.0. The number of methoxy groups -OCH3 is 1. The molecule has 0 atom stereocenters. The van der Waals surface area contributed by atoms with Crippen molar-refractivity contribution in [3.8, 4) is 5.75 Å². The van der Waals surface area contributed by atoms with Gasteiger partial charge in [0.05, 0.1) is 12.0 Å². The van der Waals surface area contributed by atoms with Gasteiger partial charge < -0.3 is 4.74 Å². The van der Waals surface area contributed by atoms with E-state index in [-0.39, 0.29) is 11.6 Å². The second kappa shape index (κ2) is 6.88. The minimum absolute atomic E-state index is 0.161. The predicted molar refractivity (Wildman–Crippen MR) is 94.8 cm³/mol. The van der Waals surface area contributed by atoms with Crippen LogP contribution in [0.15, 0.2) is 58.4 Å². The Hall–Kier alpha value is -2.60. The molecule has 122 valence electrons. The molecule has 0 unspecified atom stereocenters. The first-order valence-corrected chi connectivity index (χ1v) is 8.05. The SMILES string of the molecule is COc1ccc(/C=C2/SC(=Nc3ccccc3F)N(C)C2=O)cc1. The first-order chi connectivity index (χ1) is 11.6. The van der Waals surface area contributed by atoms with Gasteiger partial charge in [0, 0.05) is 7.05 Å². The van der Waals surface area contributed by atoms with Crippen LogP contribution in [0.5, 0.6) is 5.75 Å². The third-order valence-corrected chi connectivity index (χ3v) is 4.55. The summed E-state index contributed by atoms with van der Waals surface area (Å²) >= 11 is 1.22. The Bertz CT molecular complexity index is 831. The van der Waals surface area contributed by atoms with Crippen LogP contribution < -0.4 is 4.74 Å². The second-order valence-electron chi connectivity index (χ2n) is 5.09. The molecule has 3 rings (SSSR count). The molecule has 2 aromatic carbocycles. The van der Waals surface area contributed by atoms with E-state index in [4.69, 9.17) is 4.74 Å². The first kappa shape index (κ1) is 16.3. The van der Waals surface area contributed by atoms with Crippen molar-refractivity contribution in [3.05, 3.63) is 64.8 Å². The van der Waals surface area contributed by atoms with Gasteiger partial charge in [-0.05, 0) is 47.7 Å². The average Bonchev–Trinajstić information content (AvgIpc) is 2.86. The molecule has 0 aliphatic carbocycles. The number of benzene rings is 2. The van der Waals surface area contributed by atoms with Crippen LogP contribution in [-0.2, 0) is 4.79 Å². The molecule has 0 spiro atoms. The molecule has 1 heterocycles. The van der Waals surface area contributed by atoms with Crippen molar-refractivity contribution < 1.29 is 13.9 Å². The summed E-state index contributed by atoms with van der Waals surface area (Å²) in [6.07, 6.45) is 1.78. The van der Waals surface area contributed by atoms with Gasteiger partial charge in [-0.25, -0.2) is 9.38 Å². The van der Waals surface area contributed by atoms with Crippen LogP contribution in [0.4, 0.5) is 10.1 Å². The van der Waals surface area contributed by atoms with Crippen LogP contribution in [0, 0.1) is 5.82 Å². The van der Waals surface area contributed by atoms with Crippen LogP contribution in [0.3, 0.4) is 0 Å². The van der Waals surface area contributed by atoms with E-state index in [1.807, 2.05) is 24.3 Å². The molecular formula is C18H15FN2O2S. The molecule has 1 amide bonds. The molecule has 0 N–H and O–H groups in total. The fourth-order valence-corrected chi connectivity index (χ4v) is 3.13. The van der Waals surface area contributed by atoms with Gasteiger partial charge in [0.25, 0.3) is 5.91 Å². The van der Waals surface area contributed by atoms with Crippen molar-refractivity contribution in [2.75, 3.05) is 14.2 Å². The molecule has 1 aliphatic heterocycles. The number of para-hydroxylation sites is 1. The number of thioether (sulfide) groups is 1. The first-order valence-electron chi connectivity index (χ1n) is 7.23. The molecule has 1 fully saturated rings. The van der Waals surface area contributed by atoms with Gasteiger partial charge in [0.1, 0.15) is 17.3 Å². The fourth-order valence-electron chi connectivity index (χ4n) is 2.15. The molecule has 1 aliphatic rings. The third-order valence-electron chi connectivity index (χ3n) is 3.49. The van der Waals surface area contributed by atoms with Crippen molar-refractivity contribution in [2.24, 2.45) is 4.99 Å². The normalized spacial score (nSPS) is 17.8. The molecule has 0 radical (unpaired) electrons. The van der Waals surface area contributed by atoms with E-state index < -0.39 is 5.82 Å². The summed E-state index contributed by atoms with van der Waals surface area (Å²) in [6, 6.07) is 13.6. The van der Waals surface area contributed by atoms with Crippen LogP contribution in [-0.4, -0.2) is 30.1 Å². The summed E-state index contributed by atoms with van der Waals surface area (Å²) in [6.45, 7) is 0. The summed E-state index contributed by atoms with van der Waals surface area (Å²) in [5.41, 5.74) is 1.09. The van der Waals surface area contributed by atoms with E-state index in [9.17, 15) is 9.18 Å². The largest absolute Gasteiger partial charge is 0.497 e. The number of amidine groups is 1. The quantitative estimate of drug-likeness (QED) is 0.790. The molecule has 24 heavy (non-hydrogen) atoms.